The third-order valence-corrected chi connectivity index (χ3v) is 3.07. The molecule has 8 nitrogen and oxygen atoms in total. The number of rotatable bonds is 4. The zero-order chi connectivity index (χ0) is 16.4. The van der Waals surface area contributed by atoms with E-state index in [-0.39, 0.29) is 0 Å². The molecule has 0 atom stereocenters. The van der Waals surface area contributed by atoms with Crippen molar-refractivity contribution in [2.75, 3.05) is 12.4 Å². The van der Waals surface area contributed by atoms with E-state index in [0.717, 1.165) is 23.1 Å². The van der Waals surface area contributed by atoms with Crippen LogP contribution in [0.2, 0.25) is 0 Å². The summed E-state index contributed by atoms with van der Waals surface area (Å²) >= 11 is 0. The van der Waals surface area contributed by atoms with Crippen LogP contribution < -0.4 is 5.32 Å². The average Bonchev–Trinajstić information content (AvgIpc) is 2.39. The molecule has 0 spiro atoms. The number of nitrogens with zero attached hydrogens (tertiary/aromatic N) is 2. The molecule has 2 amide bonds. The molecule has 0 bridgehead atoms. The van der Waals surface area contributed by atoms with Crippen LogP contribution in [0.4, 0.5) is 20.6 Å². The largest absolute Gasteiger partial charge is 0.480 e. The molecule has 0 aliphatic heterocycles. The first kappa shape index (κ1) is 16.3. The summed E-state index contributed by atoms with van der Waals surface area (Å²) < 4.78 is 13.5. The second-order valence-corrected chi connectivity index (χ2v) is 4.77. The minimum atomic E-state index is -1.53. The molecule has 0 saturated heterocycles. The van der Waals surface area contributed by atoms with Crippen molar-refractivity contribution in [1.82, 2.24) is 4.90 Å². The van der Waals surface area contributed by atoms with Crippen molar-refractivity contribution in [3.63, 3.8) is 0 Å². The van der Waals surface area contributed by atoms with Crippen LogP contribution in [0.1, 0.15) is 13.8 Å². The molecule has 0 fully saturated rings. The first-order valence-electron chi connectivity index (χ1n) is 5.79. The minimum absolute atomic E-state index is 0.396. The molecule has 1 aromatic rings. The molecule has 2 N–H and O–H groups in total. The number of carboxylic acid groups (broad SMARTS) is 1. The van der Waals surface area contributed by atoms with E-state index in [1.54, 1.807) is 0 Å². The summed E-state index contributed by atoms with van der Waals surface area (Å²) in [6, 6.07) is 1.75. The van der Waals surface area contributed by atoms with Gasteiger partial charge >= 0.3 is 12.0 Å². The van der Waals surface area contributed by atoms with Gasteiger partial charge in [-0.2, -0.15) is 0 Å². The van der Waals surface area contributed by atoms with Crippen molar-refractivity contribution in [3.05, 3.63) is 34.1 Å². The second kappa shape index (κ2) is 5.73. The Bertz CT molecular complexity index is 603. The SMILES string of the molecule is CN(C(=O)Nc1cc([N+](=O)[O-])ccc1F)C(C)(C)C(=O)O. The molecule has 0 aromatic heterocycles. The lowest BCUT2D eigenvalue weighted by molar-refractivity contribution is -0.384. The maximum atomic E-state index is 13.5. The fourth-order valence-electron chi connectivity index (χ4n) is 1.32. The van der Waals surface area contributed by atoms with Gasteiger partial charge in [0.25, 0.3) is 5.69 Å². The highest BCUT2D eigenvalue weighted by atomic mass is 19.1. The number of hydrogen-bond donors (Lipinski definition) is 2. The Morgan fingerprint density at radius 3 is 2.48 bits per heavy atom. The number of aliphatic carboxylic acids is 1. The van der Waals surface area contributed by atoms with Gasteiger partial charge < -0.3 is 15.3 Å². The molecule has 1 aromatic carbocycles. The second-order valence-electron chi connectivity index (χ2n) is 4.77. The summed E-state index contributed by atoms with van der Waals surface area (Å²) in [6.45, 7) is 2.58. The van der Waals surface area contributed by atoms with Gasteiger partial charge in [0.2, 0.25) is 0 Å². The summed E-state index contributed by atoms with van der Waals surface area (Å²) in [6.07, 6.45) is 0. The Kier molecular flexibility index (Phi) is 4.46. The predicted octanol–water partition coefficient (Wildman–Crippen LogP) is 2.06. The molecule has 0 radical (unpaired) electrons. The predicted molar refractivity (Wildman–Crippen MR) is 71.6 cm³/mol. The first-order valence-corrected chi connectivity index (χ1v) is 5.79. The lowest BCUT2D eigenvalue weighted by atomic mass is 10.1. The van der Waals surface area contributed by atoms with Crippen molar-refractivity contribution in [2.24, 2.45) is 0 Å². The standard InChI is InChI=1S/C12H14FN3O5/c1-12(2,10(17)18)15(3)11(19)14-9-6-7(16(20)21)4-5-8(9)13/h4-6H,1-3H3,(H,14,19)(H,17,18). The average molecular weight is 299 g/mol. The van der Waals surface area contributed by atoms with Crippen molar-refractivity contribution in [3.8, 4) is 0 Å². The number of benzene rings is 1. The van der Waals surface area contributed by atoms with Gasteiger partial charge in [-0.1, -0.05) is 0 Å². The van der Waals surface area contributed by atoms with Gasteiger partial charge in [0.1, 0.15) is 11.4 Å². The normalized spacial score (nSPS) is 10.9. The Morgan fingerprint density at radius 2 is 2.00 bits per heavy atom. The summed E-state index contributed by atoms with van der Waals surface area (Å²) in [7, 11) is 1.22. The third kappa shape index (κ3) is 3.44. The Balaban J connectivity index is 3.01. The number of carboxylic acids is 1. The van der Waals surface area contributed by atoms with Crippen LogP contribution >= 0.6 is 0 Å². The van der Waals surface area contributed by atoms with E-state index in [0.29, 0.717) is 0 Å². The van der Waals surface area contributed by atoms with Crippen molar-refractivity contribution < 1.29 is 24.0 Å². The quantitative estimate of drug-likeness (QED) is 0.652. The van der Waals surface area contributed by atoms with Crippen LogP contribution in [-0.2, 0) is 4.79 Å². The highest BCUT2D eigenvalue weighted by Crippen LogP contribution is 2.22. The number of urea groups is 1. The smallest absolute Gasteiger partial charge is 0.329 e. The van der Waals surface area contributed by atoms with Gasteiger partial charge in [-0.3, -0.25) is 10.1 Å². The lowest BCUT2D eigenvalue weighted by Gasteiger charge is -2.31. The zero-order valence-electron chi connectivity index (χ0n) is 11.6. The maximum absolute atomic E-state index is 13.5. The van der Waals surface area contributed by atoms with Gasteiger partial charge in [0.05, 0.1) is 10.6 Å². The van der Waals surface area contributed by atoms with Gasteiger partial charge in [-0.15, -0.1) is 0 Å². The maximum Gasteiger partial charge on any atom is 0.329 e. The number of nitro benzene ring substituents is 1. The number of likely N-dealkylation sites (N-methyl/N-ethyl adjacent to an activating group) is 1. The van der Waals surface area contributed by atoms with Crippen LogP contribution in [0.25, 0.3) is 0 Å². The molecule has 0 heterocycles. The summed E-state index contributed by atoms with van der Waals surface area (Å²) in [5.74, 6) is -2.12. The molecule has 0 aliphatic rings. The molecule has 0 unspecified atom stereocenters. The van der Waals surface area contributed by atoms with E-state index in [1.165, 1.54) is 20.9 Å². The van der Waals surface area contributed by atoms with Crippen molar-refractivity contribution in [1.29, 1.82) is 0 Å². The number of carbonyl (C=O) groups is 2. The topological polar surface area (TPSA) is 113 Å². The van der Waals surface area contributed by atoms with Crippen LogP contribution in [0.3, 0.4) is 0 Å². The van der Waals surface area contributed by atoms with Gasteiger partial charge in [-0.05, 0) is 19.9 Å². The first-order chi connectivity index (χ1) is 9.57. The van der Waals surface area contributed by atoms with Crippen LogP contribution in [0.5, 0.6) is 0 Å². The molecule has 21 heavy (non-hydrogen) atoms. The molecular formula is C12H14FN3O5. The Morgan fingerprint density at radius 1 is 1.43 bits per heavy atom. The highest BCUT2D eigenvalue weighted by Gasteiger charge is 2.35. The highest BCUT2D eigenvalue weighted by molar-refractivity contribution is 5.93. The van der Waals surface area contributed by atoms with Crippen molar-refractivity contribution in [2.45, 2.75) is 19.4 Å². The monoisotopic (exact) mass is 299 g/mol. The molecule has 0 aliphatic carbocycles. The Hall–Kier alpha value is -2.71. The Labute approximate surface area is 119 Å². The fraction of sp³-hybridized carbons (Fsp3) is 0.333. The number of nitrogens with one attached hydrogen (secondary N) is 1. The third-order valence-electron chi connectivity index (χ3n) is 3.07. The van der Waals surface area contributed by atoms with Crippen LogP contribution in [0.15, 0.2) is 18.2 Å². The van der Waals surface area contributed by atoms with Crippen LogP contribution in [0, 0.1) is 15.9 Å². The van der Waals surface area contributed by atoms with E-state index in [9.17, 15) is 24.1 Å². The molecule has 114 valence electrons. The number of hydrogen-bond acceptors (Lipinski definition) is 4. The lowest BCUT2D eigenvalue weighted by Crippen LogP contribution is -2.52. The number of amides is 2. The van der Waals surface area contributed by atoms with E-state index in [4.69, 9.17) is 5.11 Å². The summed E-state index contributed by atoms with van der Waals surface area (Å²) in [4.78, 5) is 33.7. The van der Waals surface area contributed by atoms with E-state index in [1.807, 2.05) is 0 Å². The van der Waals surface area contributed by atoms with Crippen molar-refractivity contribution >= 4 is 23.4 Å². The molecule has 0 saturated carbocycles. The zero-order valence-corrected chi connectivity index (χ0v) is 11.6. The van der Waals surface area contributed by atoms with E-state index in [2.05, 4.69) is 5.32 Å². The number of carbonyl (C=O) groups excluding carboxylic acids is 1. The van der Waals surface area contributed by atoms with Gasteiger partial charge in [-0.25, -0.2) is 14.0 Å². The number of anilines is 1. The van der Waals surface area contributed by atoms with E-state index < -0.39 is 39.7 Å². The minimum Gasteiger partial charge on any atom is -0.480 e. The van der Waals surface area contributed by atoms with E-state index >= 15 is 0 Å². The summed E-state index contributed by atoms with van der Waals surface area (Å²) in [5, 5.41) is 21.7. The number of halogens is 1. The summed E-state index contributed by atoms with van der Waals surface area (Å²) in [5.41, 5.74) is -2.32. The number of non-ortho nitro benzene ring substituents is 1. The molecule has 1 rings (SSSR count). The molecular weight excluding hydrogens is 285 g/mol. The molecule has 9 heteroatoms. The van der Waals surface area contributed by atoms with Gasteiger partial charge in [0.15, 0.2) is 0 Å². The fourth-order valence-corrected chi connectivity index (χ4v) is 1.32. The van der Waals surface area contributed by atoms with Crippen LogP contribution in [-0.4, -0.2) is 39.5 Å². The van der Waals surface area contributed by atoms with Gasteiger partial charge in [0, 0.05) is 19.2 Å². The number of nitro groups is 1.